The molecule has 0 spiro atoms. The van der Waals surface area contributed by atoms with Crippen LogP contribution in [0, 0.1) is 5.92 Å². The summed E-state index contributed by atoms with van der Waals surface area (Å²) in [5.41, 5.74) is -0.0913. The number of alkyl halides is 1. The van der Waals surface area contributed by atoms with E-state index in [1.165, 1.54) is 24.2 Å². The van der Waals surface area contributed by atoms with Gasteiger partial charge in [0.2, 0.25) is 0 Å². The second kappa shape index (κ2) is 6.27. The molecule has 1 heterocycles. The predicted octanol–water partition coefficient (Wildman–Crippen LogP) is 3.83. The highest BCUT2D eigenvalue weighted by atomic mass is 79.9. The van der Waals surface area contributed by atoms with E-state index in [2.05, 4.69) is 28.2 Å². The van der Waals surface area contributed by atoms with E-state index in [1.54, 1.807) is 13.2 Å². The molecular weight excluding hydrogens is 326 g/mol. The number of ether oxygens (including phenoxy) is 1. The lowest BCUT2D eigenvalue weighted by Gasteiger charge is -2.39. The van der Waals surface area contributed by atoms with Crippen LogP contribution in [0.5, 0.6) is 5.75 Å². The Kier molecular flexibility index (Phi) is 4.90. The number of carbonyl (C=O) groups is 1. The van der Waals surface area contributed by atoms with Crippen LogP contribution in [-0.4, -0.2) is 23.9 Å². The molecule has 106 valence electrons. The Morgan fingerprint density at radius 3 is 3.05 bits per heavy atom. The fourth-order valence-electron chi connectivity index (χ4n) is 2.78. The first-order chi connectivity index (χ1) is 9.08. The van der Waals surface area contributed by atoms with E-state index in [4.69, 9.17) is 4.74 Å². The van der Waals surface area contributed by atoms with Gasteiger partial charge in [-0.3, -0.25) is 4.79 Å². The summed E-state index contributed by atoms with van der Waals surface area (Å²) >= 11 is 5.01. The lowest BCUT2D eigenvalue weighted by Crippen LogP contribution is -2.52. The number of nitrogens with one attached hydrogen (secondary N) is 1. The van der Waals surface area contributed by atoms with E-state index in [0.29, 0.717) is 5.92 Å². The third kappa shape index (κ3) is 3.51. The van der Waals surface area contributed by atoms with Gasteiger partial charge < -0.3 is 10.1 Å². The first kappa shape index (κ1) is 14.9. The highest BCUT2D eigenvalue weighted by Crippen LogP contribution is 2.34. The van der Waals surface area contributed by atoms with Crippen molar-refractivity contribution in [2.75, 3.05) is 12.4 Å². The number of amides is 1. The van der Waals surface area contributed by atoms with Crippen LogP contribution in [0.1, 0.15) is 42.3 Å². The Morgan fingerprint density at radius 2 is 2.47 bits per heavy atom. The van der Waals surface area contributed by atoms with Crippen molar-refractivity contribution in [1.29, 1.82) is 0 Å². The molecule has 1 fully saturated rings. The number of methoxy groups -OCH3 is 1. The van der Waals surface area contributed by atoms with Crippen LogP contribution in [0.4, 0.5) is 0 Å². The zero-order valence-electron chi connectivity index (χ0n) is 11.4. The number of hydrogen-bond donors (Lipinski definition) is 1. The van der Waals surface area contributed by atoms with E-state index in [9.17, 15) is 4.79 Å². The van der Waals surface area contributed by atoms with E-state index in [1.807, 2.05) is 5.38 Å². The summed E-state index contributed by atoms with van der Waals surface area (Å²) in [6, 6.07) is 1.80. The van der Waals surface area contributed by atoms with Crippen LogP contribution in [0.2, 0.25) is 0 Å². The zero-order valence-corrected chi connectivity index (χ0v) is 13.8. The maximum Gasteiger partial charge on any atom is 0.261 e. The molecule has 0 radical (unpaired) electrons. The lowest BCUT2D eigenvalue weighted by atomic mass is 9.77. The molecule has 19 heavy (non-hydrogen) atoms. The van der Waals surface area contributed by atoms with Gasteiger partial charge in [0.15, 0.2) is 0 Å². The minimum absolute atomic E-state index is 0.0156. The Balaban J connectivity index is 2.07. The first-order valence-corrected chi connectivity index (χ1v) is 8.60. The zero-order chi connectivity index (χ0) is 13.9. The SMILES string of the molecule is COc1csc(C(=O)NC2(CBr)CCCC(C)C2)c1. The Hall–Kier alpha value is -0.550. The van der Waals surface area contributed by atoms with E-state index < -0.39 is 0 Å². The maximum absolute atomic E-state index is 12.3. The van der Waals surface area contributed by atoms with E-state index in [0.717, 1.165) is 28.8 Å². The molecule has 1 amide bonds. The normalized spacial score (nSPS) is 27.0. The molecule has 1 saturated carbocycles. The molecule has 0 saturated heterocycles. The average molecular weight is 346 g/mol. The highest BCUT2D eigenvalue weighted by Gasteiger charge is 2.35. The van der Waals surface area contributed by atoms with Crippen molar-refractivity contribution in [2.24, 2.45) is 5.92 Å². The third-order valence-electron chi connectivity index (χ3n) is 3.76. The third-order valence-corrected chi connectivity index (χ3v) is 5.74. The van der Waals surface area contributed by atoms with Crippen molar-refractivity contribution in [3.63, 3.8) is 0 Å². The Morgan fingerprint density at radius 1 is 1.68 bits per heavy atom. The van der Waals surface area contributed by atoms with Crippen LogP contribution in [0.25, 0.3) is 0 Å². The molecule has 5 heteroatoms. The molecule has 2 unspecified atom stereocenters. The van der Waals surface area contributed by atoms with Crippen LogP contribution in [0.3, 0.4) is 0 Å². The van der Waals surface area contributed by atoms with Crippen LogP contribution in [0.15, 0.2) is 11.4 Å². The van der Waals surface area contributed by atoms with Gasteiger partial charge in [0.25, 0.3) is 5.91 Å². The molecule has 0 aliphatic heterocycles. The average Bonchev–Trinajstić information content (AvgIpc) is 2.87. The Labute approximate surface area is 126 Å². The minimum Gasteiger partial charge on any atom is -0.496 e. The van der Waals surface area contributed by atoms with E-state index >= 15 is 0 Å². The van der Waals surface area contributed by atoms with Gasteiger partial charge >= 0.3 is 0 Å². The fourth-order valence-corrected chi connectivity index (χ4v) is 4.17. The molecule has 1 aromatic rings. The Bertz CT molecular complexity index is 448. The number of thiophene rings is 1. The predicted molar refractivity (Wildman–Crippen MR) is 82.5 cm³/mol. The largest absolute Gasteiger partial charge is 0.496 e. The summed E-state index contributed by atoms with van der Waals surface area (Å²) in [4.78, 5) is 13.1. The topological polar surface area (TPSA) is 38.3 Å². The van der Waals surface area contributed by atoms with Crippen molar-refractivity contribution >= 4 is 33.2 Å². The molecule has 2 rings (SSSR count). The maximum atomic E-state index is 12.3. The van der Waals surface area contributed by atoms with Crippen molar-refractivity contribution in [3.8, 4) is 5.75 Å². The second-order valence-electron chi connectivity index (χ2n) is 5.42. The van der Waals surface area contributed by atoms with Crippen LogP contribution in [-0.2, 0) is 0 Å². The quantitative estimate of drug-likeness (QED) is 0.842. The molecule has 0 bridgehead atoms. The van der Waals surface area contributed by atoms with Crippen molar-refractivity contribution in [1.82, 2.24) is 5.32 Å². The van der Waals surface area contributed by atoms with Crippen molar-refractivity contribution < 1.29 is 9.53 Å². The number of carbonyl (C=O) groups excluding carboxylic acids is 1. The number of rotatable bonds is 4. The lowest BCUT2D eigenvalue weighted by molar-refractivity contribution is 0.0873. The van der Waals surface area contributed by atoms with Crippen molar-refractivity contribution in [3.05, 3.63) is 16.3 Å². The van der Waals surface area contributed by atoms with Gasteiger partial charge in [-0.25, -0.2) is 0 Å². The van der Waals surface area contributed by atoms with E-state index in [-0.39, 0.29) is 11.4 Å². The fraction of sp³-hybridized carbons (Fsp3) is 0.643. The standard InChI is InChI=1S/C14H20BrNO2S/c1-10-4-3-5-14(7-10,9-15)16-13(17)12-6-11(18-2)8-19-12/h6,8,10H,3-5,7,9H2,1-2H3,(H,16,17). The summed E-state index contributed by atoms with van der Waals surface area (Å²) in [5, 5.41) is 5.91. The van der Waals surface area contributed by atoms with Gasteiger partial charge in [-0.15, -0.1) is 11.3 Å². The first-order valence-electron chi connectivity index (χ1n) is 6.59. The molecule has 3 nitrogen and oxygen atoms in total. The van der Waals surface area contributed by atoms with Crippen molar-refractivity contribution in [2.45, 2.75) is 38.1 Å². The van der Waals surface area contributed by atoms with Gasteiger partial charge in [0.05, 0.1) is 17.5 Å². The molecule has 2 atom stereocenters. The summed E-state index contributed by atoms with van der Waals surface area (Å²) < 4.78 is 5.12. The smallest absolute Gasteiger partial charge is 0.261 e. The van der Waals surface area contributed by atoms with Gasteiger partial charge in [-0.2, -0.15) is 0 Å². The van der Waals surface area contributed by atoms with Crippen LogP contribution < -0.4 is 10.1 Å². The molecule has 1 aliphatic rings. The molecule has 1 aliphatic carbocycles. The monoisotopic (exact) mass is 345 g/mol. The van der Waals surface area contributed by atoms with Gasteiger partial charge in [0, 0.05) is 16.8 Å². The molecule has 0 aromatic carbocycles. The highest BCUT2D eigenvalue weighted by molar-refractivity contribution is 9.09. The van der Waals surface area contributed by atoms with Gasteiger partial charge in [-0.05, 0) is 18.8 Å². The second-order valence-corrected chi connectivity index (χ2v) is 6.89. The van der Waals surface area contributed by atoms with Gasteiger partial charge in [-0.1, -0.05) is 35.7 Å². The number of halogens is 1. The summed E-state index contributed by atoms with van der Waals surface area (Å²) in [7, 11) is 1.62. The summed E-state index contributed by atoms with van der Waals surface area (Å²) in [6.07, 6.45) is 4.54. The molecular formula is C14H20BrNO2S. The van der Waals surface area contributed by atoms with Gasteiger partial charge in [0.1, 0.15) is 5.75 Å². The number of hydrogen-bond acceptors (Lipinski definition) is 3. The summed E-state index contributed by atoms with van der Waals surface area (Å²) in [5.74, 6) is 1.44. The minimum atomic E-state index is -0.0913. The summed E-state index contributed by atoms with van der Waals surface area (Å²) in [6.45, 7) is 2.26. The molecule has 1 aromatic heterocycles. The van der Waals surface area contributed by atoms with Crippen LogP contribution >= 0.6 is 27.3 Å². The molecule has 1 N–H and O–H groups in total.